The van der Waals surface area contributed by atoms with Crippen LogP contribution in [-0.4, -0.2) is 31.1 Å². The first kappa shape index (κ1) is 25.3. The molecule has 0 saturated heterocycles. The molecule has 2 aromatic carbocycles. The third-order valence-electron chi connectivity index (χ3n) is 5.10. The van der Waals surface area contributed by atoms with Gasteiger partial charge in [0.15, 0.2) is 0 Å². The Morgan fingerprint density at radius 3 is 2.50 bits per heavy atom. The Balaban J connectivity index is 1.73. The second-order valence-electron chi connectivity index (χ2n) is 8.53. The van der Waals surface area contributed by atoms with Crippen LogP contribution in [0.15, 0.2) is 57.9 Å². The van der Waals surface area contributed by atoms with E-state index >= 15 is 0 Å². The fourth-order valence-electron chi connectivity index (χ4n) is 2.96. The van der Waals surface area contributed by atoms with Crippen LogP contribution in [0.4, 0.5) is 15.8 Å². The Labute approximate surface area is 198 Å². The Bertz CT molecular complexity index is 1240. The van der Waals surface area contributed by atoms with Gasteiger partial charge in [0.05, 0.1) is 22.0 Å². The van der Waals surface area contributed by atoms with E-state index in [9.17, 15) is 17.6 Å². The van der Waals surface area contributed by atoms with Crippen LogP contribution in [0.5, 0.6) is 0 Å². The normalized spacial score (nSPS) is 12.9. The number of rotatable bonds is 10. The molecule has 9 nitrogen and oxygen atoms in total. The number of hydrogen-bond acceptors (Lipinski definition) is 7. The minimum absolute atomic E-state index is 0.0238. The first-order chi connectivity index (χ1) is 16.1. The number of nitrogens with zero attached hydrogens (tertiary/aromatic N) is 2. The summed E-state index contributed by atoms with van der Waals surface area (Å²) in [7, 11) is -3.91. The maximum absolute atomic E-state index is 13.0. The highest BCUT2D eigenvalue weighted by Crippen LogP contribution is 2.25. The monoisotopic (exact) mass is 489 g/mol. The molecule has 0 spiro atoms. The highest BCUT2D eigenvalue weighted by molar-refractivity contribution is 7.92. The van der Waals surface area contributed by atoms with Crippen molar-refractivity contribution < 1.29 is 22.1 Å². The topological polar surface area (TPSA) is 140 Å². The van der Waals surface area contributed by atoms with E-state index in [-0.39, 0.29) is 16.6 Å². The average Bonchev–Trinajstić information content (AvgIpc) is 3.30. The van der Waals surface area contributed by atoms with Gasteiger partial charge in [0.2, 0.25) is 17.6 Å². The van der Waals surface area contributed by atoms with Crippen LogP contribution in [0.25, 0.3) is 11.4 Å². The number of nitrogens with one attached hydrogen (secondary N) is 2. The highest BCUT2D eigenvalue weighted by Gasteiger charge is 2.27. The molecule has 1 heterocycles. The molecule has 4 N–H and O–H groups in total. The molecule has 34 heavy (non-hydrogen) atoms. The first-order valence-electron chi connectivity index (χ1n) is 10.8. The molecule has 11 heteroatoms. The average molecular weight is 490 g/mol. The molecule has 0 fully saturated rings. The molecular formula is C23H28FN5O4S. The first-order valence-corrected chi connectivity index (χ1v) is 12.2. The van der Waals surface area contributed by atoms with Crippen molar-refractivity contribution in [1.82, 2.24) is 10.1 Å². The molecule has 0 unspecified atom stereocenters. The summed E-state index contributed by atoms with van der Waals surface area (Å²) >= 11 is 0. The lowest BCUT2D eigenvalue weighted by atomic mass is 9.94. The molecular weight excluding hydrogens is 461 g/mol. The van der Waals surface area contributed by atoms with Crippen LogP contribution >= 0.6 is 0 Å². The third kappa shape index (κ3) is 5.97. The zero-order chi connectivity index (χ0) is 24.9. The molecule has 3 rings (SSSR count). The number of halogens is 1. The van der Waals surface area contributed by atoms with Gasteiger partial charge in [0.25, 0.3) is 10.0 Å². The Hall–Kier alpha value is -3.31. The van der Waals surface area contributed by atoms with Gasteiger partial charge < -0.3 is 15.6 Å². The number of carbonyl (C=O) groups is 1. The molecule has 0 bridgehead atoms. The second-order valence-corrected chi connectivity index (χ2v) is 10.2. The molecule has 1 amide bonds. The van der Waals surface area contributed by atoms with Crippen molar-refractivity contribution in [3.8, 4) is 11.4 Å². The summed E-state index contributed by atoms with van der Waals surface area (Å²) in [6.45, 7) is 4.14. The largest absolute Gasteiger partial charge is 0.337 e. The lowest BCUT2D eigenvalue weighted by molar-refractivity contribution is -0.124. The van der Waals surface area contributed by atoms with Crippen molar-refractivity contribution in [1.29, 1.82) is 0 Å². The van der Waals surface area contributed by atoms with E-state index in [1.165, 1.54) is 32.0 Å². The van der Waals surface area contributed by atoms with E-state index < -0.39 is 28.0 Å². The lowest BCUT2D eigenvalue weighted by Gasteiger charge is -2.19. The van der Waals surface area contributed by atoms with Crippen LogP contribution in [-0.2, 0) is 14.8 Å². The standard InChI is InChI=1S/C23H28FN5O4S/c1-4-6-19(25)21-27-20(28-33-21)15-9-11-18(12-10-15)34(31,32)29-17-8-5-7-16(13-17)26-22(30)23(2,3)14-24/h5,7-13,19,29H,4,6,14,25H2,1-3H3,(H,26,30)/t19-/m0/s1. The zero-order valence-corrected chi connectivity index (χ0v) is 20.0. The smallest absolute Gasteiger partial charge is 0.261 e. The summed E-state index contributed by atoms with van der Waals surface area (Å²) < 4.78 is 46.4. The van der Waals surface area contributed by atoms with Crippen LogP contribution in [0, 0.1) is 5.41 Å². The number of amides is 1. The predicted molar refractivity (Wildman–Crippen MR) is 127 cm³/mol. The van der Waals surface area contributed by atoms with Gasteiger partial charge in [-0.05, 0) is 62.7 Å². The lowest BCUT2D eigenvalue weighted by Crippen LogP contribution is -2.32. The van der Waals surface area contributed by atoms with E-state index in [0.29, 0.717) is 29.4 Å². The van der Waals surface area contributed by atoms with E-state index in [1.807, 2.05) is 6.92 Å². The van der Waals surface area contributed by atoms with Gasteiger partial charge in [-0.1, -0.05) is 24.6 Å². The highest BCUT2D eigenvalue weighted by atomic mass is 32.2. The number of benzene rings is 2. The van der Waals surface area contributed by atoms with E-state index in [1.54, 1.807) is 30.3 Å². The van der Waals surface area contributed by atoms with Crippen molar-refractivity contribution in [3.05, 3.63) is 54.4 Å². The van der Waals surface area contributed by atoms with Crippen molar-refractivity contribution in [2.75, 3.05) is 16.7 Å². The number of hydrogen-bond donors (Lipinski definition) is 3. The molecule has 3 aromatic rings. The Morgan fingerprint density at radius 2 is 1.85 bits per heavy atom. The second kappa shape index (κ2) is 10.3. The van der Waals surface area contributed by atoms with Gasteiger partial charge in [0.1, 0.15) is 6.67 Å². The van der Waals surface area contributed by atoms with Gasteiger partial charge in [-0.2, -0.15) is 4.98 Å². The number of carbonyl (C=O) groups excluding carboxylic acids is 1. The molecule has 0 aliphatic carbocycles. The summed E-state index contributed by atoms with van der Waals surface area (Å²) in [6, 6.07) is 11.8. The summed E-state index contributed by atoms with van der Waals surface area (Å²) in [5.74, 6) is 0.140. The molecule has 0 saturated carbocycles. The van der Waals surface area contributed by atoms with E-state index in [0.717, 1.165) is 6.42 Å². The van der Waals surface area contributed by atoms with Crippen molar-refractivity contribution in [2.24, 2.45) is 11.1 Å². The maximum atomic E-state index is 13.0. The minimum atomic E-state index is -3.91. The predicted octanol–water partition coefficient (Wildman–Crippen LogP) is 4.27. The third-order valence-corrected chi connectivity index (χ3v) is 6.50. The van der Waals surface area contributed by atoms with Gasteiger partial charge in [-0.15, -0.1) is 0 Å². The maximum Gasteiger partial charge on any atom is 0.261 e. The number of aromatic nitrogens is 2. The molecule has 0 aliphatic rings. The Morgan fingerprint density at radius 1 is 1.18 bits per heavy atom. The summed E-state index contributed by atoms with van der Waals surface area (Å²) in [6.07, 6.45) is 1.59. The summed E-state index contributed by atoms with van der Waals surface area (Å²) in [4.78, 5) is 16.5. The van der Waals surface area contributed by atoms with Crippen LogP contribution in [0.1, 0.15) is 45.5 Å². The fraction of sp³-hybridized carbons (Fsp3) is 0.348. The summed E-state index contributed by atoms with van der Waals surface area (Å²) in [5, 5.41) is 6.51. The fourth-order valence-corrected chi connectivity index (χ4v) is 4.01. The van der Waals surface area contributed by atoms with Gasteiger partial charge >= 0.3 is 0 Å². The number of nitrogens with two attached hydrogens (primary N) is 1. The molecule has 1 atom stereocenters. The van der Waals surface area contributed by atoms with Crippen molar-refractivity contribution >= 4 is 27.3 Å². The van der Waals surface area contributed by atoms with Crippen LogP contribution < -0.4 is 15.8 Å². The SMILES string of the molecule is CCC[C@H](N)c1nc(-c2ccc(S(=O)(=O)Nc3cccc(NC(=O)C(C)(C)CF)c3)cc2)no1. The zero-order valence-electron chi connectivity index (χ0n) is 19.2. The van der Waals surface area contributed by atoms with Crippen LogP contribution in [0.3, 0.4) is 0 Å². The Kier molecular flexibility index (Phi) is 7.68. The van der Waals surface area contributed by atoms with Crippen molar-refractivity contribution in [3.63, 3.8) is 0 Å². The number of anilines is 2. The van der Waals surface area contributed by atoms with Crippen molar-refractivity contribution in [2.45, 2.75) is 44.6 Å². The number of alkyl halides is 1. The number of sulfonamides is 1. The van der Waals surface area contributed by atoms with Crippen LogP contribution in [0.2, 0.25) is 0 Å². The molecule has 0 aliphatic heterocycles. The van der Waals surface area contributed by atoms with E-state index in [2.05, 4.69) is 20.2 Å². The van der Waals surface area contributed by atoms with E-state index in [4.69, 9.17) is 10.3 Å². The van der Waals surface area contributed by atoms with Gasteiger partial charge in [-0.25, -0.2) is 12.8 Å². The van der Waals surface area contributed by atoms with Gasteiger partial charge in [-0.3, -0.25) is 9.52 Å². The quantitative estimate of drug-likeness (QED) is 0.386. The summed E-state index contributed by atoms with van der Waals surface area (Å²) in [5.41, 5.74) is 5.96. The van der Waals surface area contributed by atoms with Gasteiger partial charge in [0, 0.05) is 11.3 Å². The molecule has 1 aromatic heterocycles. The molecule has 0 radical (unpaired) electrons. The minimum Gasteiger partial charge on any atom is -0.337 e. The molecule has 182 valence electrons.